The minimum absolute atomic E-state index is 0.831. The lowest BCUT2D eigenvalue weighted by atomic mass is 10.00. The SMILES string of the molecule is C1=CNCC(c2ccc3c(c2)c2cc(-c4cccnc4)ccc2n3-c2ccc(-c3cccnc3)cc2)=C1. The average Bonchev–Trinajstić information content (AvgIpc) is 3.31. The maximum absolute atomic E-state index is 4.33. The lowest BCUT2D eigenvalue weighted by Crippen LogP contribution is -2.11. The molecule has 1 aliphatic rings. The molecule has 1 N–H and O–H groups in total. The minimum Gasteiger partial charge on any atom is -0.387 e. The highest BCUT2D eigenvalue weighted by Gasteiger charge is 2.15. The van der Waals surface area contributed by atoms with Crippen molar-refractivity contribution in [3.63, 3.8) is 0 Å². The van der Waals surface area contributed by atoms with E-state index in [1.165, 1.54) is 38.5 Å². The molecule has 7 rings (SSSR count). The summed E-state index contributed by atoms with van der Waals surface area (Å²) in [5.74, 6) is 0. The van der Waals surface area contributed by atoms with Crippen LogP contribution in [0, 0.1) is 0 Å². The fraction of sp³-hybridized carbons (Fsp3) is 0.0303. The monoisotopic (exact) mass is 476 g/mol. The Labute approximate surface area is 215 Å². The molecule has 0 fully saturated rings. The molecule has 0 amide bonds. The Balaban J connectivity index is 1.44. The Morgan fingerprint density at radius 1 is 0.622 bits per heavy atom. The second-order valence-corrected chi connectivity index (χ2v) is 9.26. The van der Waals surface area contributed by atoms with Gasteiger partial charge in [0.1, 0.15) is 0 Å². The molecular formula is C33H24N4. The number of nitrogens with one attached hydrogen (secondary N) is 1. The molecule has 4 nitrogen and oxygen atoms in total. The Morgan fingerprint density at radius 2 is 1.24 bits per heavy atom. The largest absolute Gasteiger partial charge is 0.387 e. The van der Waals surface area contributed by atoms with Crippen LogP contribution < -0.4 is 5.32 Å². The highest BCUT2D eigenvalue weighted by molar-refractivity contribution is 6.11. The quantitative estimate of drug-likeness (QED) is 0.288. The predicted octanol–water partition coefficient (Wildman–Crippen LogP) is 7.41. The standard InChI is InChI=1S/C33H24N4/c1-4-26(20-34-15-1)23-7-11-29(12-8-23)37-32-13-9-24(27-5-2-16-35-21-27)18-30(32)31-19-25(10-14-33(31)37)28-6-3-17-36-22-28/h1-21,36H,22H2. The van der Waals surface area contributed by atoms with Crippen molar-refractivity contribution in [3.8, 4) is 27.9 Å². The first-order valence-electron chi connectivity index (χ1n) is 12.4. The number of benzene rings is 3. The normalized spacial score (nSPS) is 13.0. The van der Waals surface area contributed by atoms with Crippen molar-refractivity contribution in [1.29, 1.82) is 0 Å². The Morgan fingerprint density at radius 3 is 1.86 bits per heavy atom. The summed E-state index contributed by atoms with van der Waals surface area (Å²) in [4.78, 5) is 8.61. The molecule has 0 atom stereocenters. The second kappa shape index (κ2) is 8.92. The molecular weight excluding hydrogens is 452 g/mol. The summed E-state index contributed by atoms with van der Waals surface area (Å²) in [6.07, 6.45) is 13.7. The van der Waals surface area contributed by atoms with Crippen molar-refractivity contribution in [2.24, 2.45) is 0 Å². The minimum atomic E-state index is 0.831. The van der Waals surface area contributed by atoms with Crippen LogP contribution >= 0.6 is 0 Å². The summed E-state index contributed by atoms with van der Waals surface area (Å²) in [6, 6.07) is 30.4. The maximum Gasteiger partial charge on any atom is 0.0541 e. The summed E-state index contributed by atoms with van der Waals surface area (Å²) in [5.41, 5.74) is 10.6. The van der Waals surface area contributed by atoms with Gasteiger partial charge in [-0.2, -0.15) is 0 Å². The zero-order chi connectivity index (χ0) is 24.6. The maximum atomic E-state index is 4.33. The molecule has 0 radical (unpaired) electrons. The second-order valence-electron chi connectivity index (χ2n) is 9.26. The van der Waals surface area contributed by atoms with Crippen LogP contribution in [0.3, 0.4) is 0 Å². The predicted molar refractivity (Wildman–Crippen MR) is 152 cm³/mol. The molecule has 0 aliphatic carbocycles. The number of nitrogens with zero attached hydrogens (tertiary/aromatic N) is 3. The van der Waals surface area contributed by atoms with Crippen LogP contribution in [0.4, 0.5) is 0 Å². The number of aromatic nitrogens is 3. The van der Waals surface area contributed by atoms with Crippen molar-refractivity contribution >= 4 is 27.4 Å². The van der Waals surface area contributed by atoms with Crippen molar-refractivity contribution < 1.29 is 0 Å². The van der Waals surface area contributed by atoms with Crippen LogP contribution in [-0.2, 0) is 0 Å². The molecule has 0 saturated carbocycles. The van der Waals surface area contributed by atoms with Gasteiger partial charge in [0.25, 0.3) is 0 Å². The van der Waals surface area contributed by atoms with Gasteiger partial charge in [-0.1, -0.05) is 42.5 Å². The molecule has 3 aromatic carbocycles. The first kappa shape index (κ1) is 21.3. The van der Waals surface area contributed by atoms with Gasteiger partial charge in [-0.15, -0.1) is 0 Å². The van der Waals surface area contributed by atoms with E-state index in [-0.39, 0.29) is 0 Å². The van der Waals surface area contributed by atoms with E-state index in [4.69, 9.17) is 0 Å². The van der Waals surface area contributed by atoms with Gasteiger partial charge in [-0.25, -0.2) is 0 Å². The number of pyridine rings is 2. The Hall–Kier alpha value is -4.96. The average molecular weight is 477 g/mol. The van der Waals surface area contributed by atoms with Crippen LogP contribution in [0.2, 0.25) is 0 Å². The van der Waals surface area contributed by atoms with E-state index in [1.54, 1.807) is 6.20 Å². The van der Waals surface area contributed by atoms with E-state index < -0.39 is 0 Å². The fourth-order valence-corrected chi connectivity index (χ4v) is 5.21. The third-order valence-corrected chi connectivity index (χ3v) is 7.06. The van der Waals surface area contributed by atoms with E-state index in [2.05, 4.69) is 105 Å². The highest BCUT2D eigenvalue weighted by Crippen LogP contribution is 2.36. The van der Waals surface area contributed by atoms with Gasteiger partial charge in [0.2, 0.25) is 0 Å². The number of hydrogen-bond donors (Lipinski definition) is 1. The van der Waals surface area contributed by atoms with Gasteiger partial charge in [-0.05, 0) is 88.6 Å². The molecule has 1 aliphatic heterocycles. The van der Waals surface area contributed by atoms with E-state index in [9.17, 15) is 0 Å². The summed E-state index contributed by atoms with van der Waals surface area (Å²) < 4.78 is 2.36. The molecule has 4 heterocycles. The van der Waals surface area contributed by atoms with E-state index in [0.717, 1.165) is 28.9 Å². The summed E-state index contributed by atoms with van der Waals surface area (Å²) >= 11 is 0. The van der Waals surface area contributed by atoms with Crippen LogP contribution in [-0.4, -0.2) is 21.1 Å². The zero-order valence-corrected chi connectivity index (χ0v) is 20.2. The highest BCUT2D eigenvalue weighted by atomic mass is 15.0. The van der Waals surface area contributed by atoms with Gasteiger partial charge >= 0.3 is 0 Å². The van der Waals surface area contributed by atoms with E-state index in [0.29, 0.717) is 0 Å². The van der Waals surface area contributed by atoms with Crippen LogP contribution in [0.25, 0.3) is 55.3 Å². The smallest absolute Gasteiger partial charge is 0.0541 e. The molecule has 6 aromatic rings. The van der Waals surface area contributed by atoms with Crippen molar-refractivity contribution in [2.45, 2.75) is 0 Å². The van der Waals surface area contributed by atoms with Crippen molar-refractivity contribution in [3.05, 3.63) is 134 Å². The molecule has 37 heavy (non-hydrogen) atoms. The number of rotatable bonds is 4. The Bertz CT molecular complexity index is 1800. The number of fused-ring (bicyclic) bond motifs is 3. The van der Waals surface area contributed by atoms with Gasteiger partial charge < -0.3 is 9.88 Å². The lowest BCUT2D eigenvalue weighted by molar-refractivity contribution is 0.986. The van der Waals surface area contributed by atoms with Gasteiger partial charge in [0.15, 0.2) is 0 Å². The van der Waals surface area contributed by atoms with Crippen molar-refractivity contribution in [2.75, 3.05) is 6.54 Å². The summed E-state index contributed by atoms with van der Waals surface area (Å²) in [7, 11) is 0. The fourth-order valence-electron chi connectivity index (χ4n) is 5.21. The van der Waals surface area contributed by atoms with Crippen LogP contribution in [0.1, 0.15) is 5.56 Å². The van der Waals surface area contributed by atoms with Crippen LogP contribution in [0.15, 0.2) is 128 Å². The molecule has 3 aromatic heterocycles. The zero-order valence-electron chi connectivity index (χ0n) is 20.2. The third kappa shape index (κ3) is 3.80. The Kier molecular flexibility index (Phi) is 5.14. The number of dihydropyridines is 1. The van der Waals surface area contributed by atoms with E-state index >= 15 is 0 Å². The molecule has 0 spiro atoms. The molecule has 4 heteroatoms. The van der Waals surface area contributed by atoms with Crippen LogP contribution in [0.5, 0.6) is 0 Å². The topological polar surface area (TPSA) is 42.7 Å². The first-order valence-corrected chi connectivity index (χ1v) is 12.4. The molecule has 0 saturated heterocycles. The summed E-state index contributed by atoms with van der Waals surface area (Å²) in [6.45, 7) is 0.831. The first-order chi connectivity index (χ1) is 18.3. The van der Waals surface area contributed by atoms with Crippen molar-refractivity contribution in [1.82, 2.24) is 19.9 Å². The lowest BCUT2D eigenvalue weighted by Gasteiger charge is -2.12. The van der Waals surface area contributed by atoms with Gasteiger partial charge in [-0.3, -0.25) is 9.97 Å². The summed E-state index contributed by atoms with van der Waals surface area (Å²) in [5, 5.41) is 5.81. The molecule has 176 valence electrons. The molecule has 0 bridgehead atoms. The van der Waals surface area contributed by atoms with E-state index in [1.807, 2.05) is 36.9 Å². The number of hydrogen-bond acceptors (Lipinski definition) is 3. The van der Waals surface area contributed by atoms with Gasteiger partial charge in [0.05, 0.1) is 11.0 Å². The third-order valence-electron chi connectivity index (χ3n) is 7.06. The molecule has 0 unspecified atom stereocenters. The van der Waals surface area contributed by atoms with Gasteiger partial charge in [0, 0.05) is 53.4 Å². The number of allylic oxidation sites excluding steroid dienone is 2.